The van der Waals surface area contributed by atoms with Crippen molar-refractivity contribution in [1.29, 1.82) is 0 Å². The average molecular weight is 1940 g/mol. The fourth-order valence-corrected chi connectivity index (χ4v) is 14.6. The van der Waals surface area contributed by atoms with Crippen LogP contribution >= 0.6 is 0 Å². The van der Waals surface area contributed by atoms with E-state index in [4.69, 9.17) is 0 Å². The number of para-hydroxylation sites is 8. The summed E-state index contributed by atoms with van der Waals surface area (Å²) in [6, 6.07) is 69.6. The van der Waals surface area contributed by atoms with Crippen LogP contribution in [0.4, 0.5) is 78.6 Å². The summed E-state index contributed by atoms with van der Waals surface area (Å²) in [5.41, 5.74) is 10.8. The second-order valence-electron chi connectivity index (χ2n) is 31.6. The highest BCUT2D eigenvalue weighted by Gasteiger charge is 2.25. The minimum absolute atomic E-state index is 0.0336. The first kappa shape index (κ1) is 101. The standard InChI is InChI=1S/C19H20N4O3.C17H16N4O3.C17H14N4O3.2C16H14N4O3.C14H8F2N4O3/c1-2-3-6-12-22-17-11-5-4-10-16(17)20-19(22)21-18(24)14-8-7-9-15(13-14)23(25)26;1-11(2)20-15-9-4-3-8-14(15)18-17(20)19-16(22)12-6-5-7-13(10-12)21(23)24;1-2-10-20-15-9-4-3-8-14(15)18-17(20)19-16(22)12-6-5-7-13(11-12)21(23)24;1-9-6-13-14(7-10(9)2)18-16(17-13)19-15(21)11-4-3-5-12(8-11)20(22)23;1-2-19-14-9-4-3-8-13(14)17-16(19)18-15(21)11-6-5-7-12(10-11)20(22)23;15-9-4-5-10-12(11(9)16)18-14(17-10)19-13(21)7-2-1-3-8(6-7)20(22)23/h4-5,7-11,13H,2-3,6,12H2,1H3,(H,20,21,24);3-11H,1-2H3,(H,18,19,22);2-9,11H,1,10H2,(H,18,19,22);3-8H,1-2H3,(H2,17,18,19,21);3-10H,2H2,1H3,(H,17,18,21);1-6H,(H2,17,18,19,21). The highest BCUT2D eigenvalue weighted by atomic mass is 19.2. The van der Waals surface area contributed by atoms with Crippen LogP contribution < -0.4 is 31.9 Å². The van der Waals surface area contributed by atoms with Crippen LogP contribution in [0.5, 0.6) is 0 Å². The number of nitro groups is 6. The van der Waals surface area contributed by atoms with Gasteiger partial charge >= 0.3 is 0 Å². The van der Waals surface area contributed by atoms with E-state index in [-0.39, 0.29) is 90.5 Å². The Morgan fingerprint density at radius 1 is 0.364 bits per heavy atom. The number of fused-ring (bicyclic) bond motifs is 6. The number of halogens is 2. The molecule has 0 unspecified atom stereocenters. The molecule has 12 aromatic carbocycles. The Labute approximate surface area is 807 Å². The largest absolute Gasteiger partial charge is 0.324 e. The molecule has 0 fully saturated rings. The molecule has 0 aliphatic carbocycles. The first-order valence-corrected chi connectivity index (χ1v) is 43.8. The first-order chi connectivity index (χ1) is 68.6. The zero-order valence-corrected chi connectivity index (χ0v) is 76.8. The molecule has 8 N–H and O–H groups in total. The molecule has 6 aromatic heterocycles. The number of hydrogen-bond acceptors (Lipinski definition) is 24. The Morgan fingerprint density at radius 3 is 1.06 bits per heavy atom. The second kappa shape index (κ2) is 45.7. The second-order valence-corrected chi connectivity index (χ2v) is 31.6. The summed E-state index contributed by atoms with van der Waals surface area (Å²) in [7, 11) is 0. The maximum atomic E-state index is 13.6. The third-order valence-corrected chi connectivity index (χ3v) is 21.6. The van der Waals surface area contributed by atoms with Crippen LogP contribution in [0.1, 0.15) is 126 Å². The number of carbonyl (C=O) groups excluding carboxylic acids is 6. The van der Waals surface area contributed by atoms with E-state index in [2.05, 4.69) is 85.3 Å². The van der Waals surface area contributed by atoms with Crippen molar-refractivity contribution in [2.24, 2.45) is 0 Å². The lowest BCUT2D eigenvalue weighted by molar-refractivity contribution is -0.385. The number of aromatic amines is 2. The number of aromatic nitrogens is 12. The minimum Gasteiger partial charge on any atom is -0.324 e. The number of benzene rings is 12. The van der Waals surface area contributed by atoms with Crippen molar-refractivity contribution in [2.45, 2.75) is 86.5 Å². The van der Waals surface area contributed by atoms with E-state index in [1.54, 1.807) is 12.1 Å². The zero-order chi connectivity index (χ0) is 102. The van der Waals surface area contributed by atoms with Gasteiger partial charge in [0.2, 0.25) is 35.7 Å². The van der Waals surface area contributed by atoms with Gasteiger partial charge in [-0.2, -0.15) is 0 Å². The van der Waals surface area contributed by atoms with E-state index in [1.807, 2.05) is 162 Å². The van der Waals surface area contributed by atoms with Gasteiger partial charge in [0.25, 0.3) is 69.6 Å². The Hall–Kier alpha value is -19.7. The van der Waals surface area contributed by atoms with Crippen LogP contribution in [0, 0.1) is 86.2 Å². The summed E-state index contributed by atoms with van der Waals surface area (Å²) in [5.74, 6) is -3.18. The van der Waals surface area contributed by atoms with E-state index >= 15 is 0 Å². The predicted octanol–water partition coefficient (Wildman–Crippen LogP) is 21.1. The van der Waals surface area contributed by atoms with Gasteiger partial charge in [0.15, 0.2) is 11.6 Å². The molecular weight excluding hydrogens is 1850 g/mol. The smallest absolute Gasteiger partial charge is 0.270 e. The van der Waals surface area contributed by atoms with Crippen molar-refractivity contribution in [2.75, 3.05) is 31.9 Å². The summed E-state index contributed by atoms with van der Waals surface area (Å²) in [6.07, 6.45) is 4.88. The van der Waals surface area contributed by atoms with Gasteiger partial charge in [0.1, 0.15) is 5.52 Å². The van der Waals surface area contributed by atoms with E-state index in [0.29, 0.717) is 42.8 Å². The predicted molar refractivity (Wildman–Crippen MR) is 533 cm³/mol. The van der Waals surface area contributed by atoms with Crippen LogP contribution in [0.3, 0.4) is 0 Å². The Balaban J connectivity index is 0.000000144. The van der Waals surface area contributed by atoms with Crippen LogP contribution in [0.15, 0.2) is 280 Å². The molecule has 143 heavy (non-hydrogen) atoms. The summed E-state index contributed by atoms with van der Waals surface area (Å²) >= 11 is 0. The number of aryl methyl sites for hydroxylation is 4. The van der Waals surface area contributed by atoms with Gasteiger partial charge in [0, 0.05) is 132 Å². The van der Waals surface area contributed by atoms with Crippen molar-refractivity contribution >= 4 is 171 Å². The van der Waals surface area contributed by atoms with Crippen LogP contribution in [-0.4, -0.2) is 123 Å². The molecule has 18 aromatic rings. The molecule has 42 nitrogen and oxygen atoms in total. The fraction of sp³-hybridized carbons (Fsp3) is 0.131. The van der Waals surface area contributed by atoms with Gasteiger partial charge in [-0.15, -0.1) is 6.58 Å². The van der Waals surface area contributed by atoms with Gasteiger partial charge in [-0.1, -0.05) is 111 Å². The molecule has 44 heteroatoms. The van der Waals surface area contributed by atoms with Crippen molar-refractivity contribution in [3.63, 3.8) is 0 Å². The molecule has 0 radical (unpaired) electrons. The Morgan fingerprint density at radius 2 is 0.685 bits per heavy atom. The topological polar surface area (TPSA) is 562 Å². The van der Waals surface area contributed by atoms with Gasteiger partial charge in [-0.05, 0) is 161 Å². The normalized spacial score (nSPS) is 10.7. The molecule has 18 rings (SSSR count). The fourth-order valence-electron chi connectivity index (χ4n) is 14.6. The summed E-state index contributed by atoms with van der Waals surface area (Å²) in [6.45, 7) is 17.7. The molecular formula is C99H86F2N24O18. The van der Waals surface area contributed by atoms with E-state index in [0.717, 1.165) is 104 Å². The third kappa shape index (κ3) is 24.8. The Bertz CT molecular complexity index is 7940. The summed E-state index contributed by atoms with van der Waals surface area (Å²) in [4.78, 5) is 167. The lowest BCUT2D eigenvalue weighted by Gasteiger charge is -2.13. The van der Waals surface area contributed by atoms with Crippen LogP contribution in [-0.2, 0) is 19.6 Å². The van der Waals surface area contributed by atoms with Crippen LogP contribution in [0.25, 0.3) is 66.2 Å². The highest BCUT2D eigenvalue weighted by molar-refractivity contribution is 6.09. The Kier molecular flexibility index (Phi) is 32.2. The van der Waals surface area contributed by atoms with E-state index < -0.39 is 76.6 Å². The van der Waals surface area contributed by atoms with Crippen molar-refractivity contribution < 1.29 is 67.1 Å². The number of carbonyl (C=O) groups is 6. The van der Waals surface area contributed by atoms with Crippen molar-refractivity contribution in [1.82, 2.24) is 58.1 Å². The first-order valence-electron chi connectivity index (χ1n) is 43.8. The molecule has 6 amide bonds. The van der Waals surface area contributed by atoms with E-state index in [9.17, 15) is 98.2 Å². The third-order valence-electron chi connectivity index (χ3n) is 21.6. The number of allylic oxidation sites excluding steroid dienone is 1. The summed E-state index contributed by atoms with van der Waals surface area (Å²) < 4.78 is 34.3. The number of anilines is 6. The van der Waals surface area contributed by atoms with Crippen molar-refractivity contribution in [3.8, 4) is 0 Å². The van der Waals surface area contributed by atoms with Crippen LogP contribution in [0.2, 0.25) is 0 Å². The molecule has 0 bridgehead atoms. The quantitative estimate of drug-likeness (QED) is 0.0108. The lowest BCUT2D eigenvalue weighted by Crippen LogP contribution is -2.17. The lowest BCUT2D eigenvalue weighted by atomic mass is 10.1. The molecule has 0 spiro atoms. The maximum Gasteiger partial charge on any atom is 0.270 e. The number of amides is 6. The SMILES string of the molecule is C=CCn1c(NC(=O)c2cccc([N+](=O)[O-])c2)nc2ccccc21.CC(C)n1c(NC(=O)c2cccc([N+](=O)[O-])c2)nc2ccccc21.CCCCCn1c(NC(=O)c2cccc([N+](=O)[O-])c2)nc2ccccc21.CCn1c(NC(=O)c2cccc([N+](=O)[O-])c2)nc2ccccc21.Cc1cc2nc(NC(=O)c3cccc([N+](=O)[O-])c3)[nH]c2cc1C.O=C(Nc1nc2c(F)c(F)ccc2[nH]1)c1cccc([N+](=O)[O-])c1. The number of non-ortho nitro benzene ring substituents is 6. The zero-order valence-electron chi connectivity index (χ0n) is 76.8. The number of unbranched alkanes of at least 4 members (excludes halogenated alkanes) is 2. The number of nitrogens with one attached hydrogen (secondary N) is 8. The number of rotatable bonds is 26. The minimum atomic E-state index is -1.13. The number of nitro benzene ring substituents is 6. The maximum absolute atomic E-state index is 13.6. The van der Waals surface area contributed by atoms with Gasteiger partial charge in [-0.3, -0.25) is 121 Å². The average Bonchev–Trinajstić information content (AvgIpc) is 1.58. The number of hydrogen-bond donors (Lipinski definition) is 8. The monoisotopic (exact) mass is 1940 g/mol. The van der Waals surface area contributed by atoms with Gasteiger partial charge in [-0.25, -0.2) is 38.7 Å². The highest BCUT2D eigenvalue weighted by Crippen LogP contribution is 2.31. The molecule has 0 atom stereocenters. The van der Waals surface area contributed by atoms with Crippen molar-refractivity contribution in [3.05, 3.63) is 396 Å². The van der Waals surface area contributed by atoms with Gasteiger partial charge in [0.05, 0.1) is 90.2 Å². The molecule has 0 aliphatic heterocycles. The molecule has 724 valence electrons. The number of H-pyrrole nitrogens is 2. The molecule has 0 aliphatic rings. The van der Waals surface area contributed by atoms with E-state index in [1.165, 1.54) is 140 Å². The molecule has 6 heterocycles. The summed E-state index contributed by atoms with van der Waals surface area (Å²) in [5, 5.41) is 80.8. The molecule has 0 saturated heterocycles. The number of nitrogens with zero attached hydrogens (tertiary/aromatic N) is 16. The van der Waals surface area contributed by atoms with Gasteiger partial charge < -0.3 is 28.2 Å². The molecule has 0 saturated carbocycles. The number of imidazole rings is 6.